The molecule has 0 saturated carbocycles. The number of carbonyl (C=O) groups is 1. The maximum Gasteiger partial charge on any atom is 0.125 e. The molecule has 1 aromatic heterocycles. The van der Waals surface area contributed by atoms with Gasteiger partial charge >= 0.3 is 0 Å². The molecule has 0 bridgehead atoms. The second-order valence-electron chi connectivity index (χ2n) is 3.07. The molecular formula is C11H9NO2S. The Morgan fingerprint density at radius 3 is 3.07 bits per heavy atom. The van der Waals surface area contributed by atoms with Crippen molar-refractivity contribution in [2.45, 2.75) is 6.42 Å². The zero-order valence-electron chi connectivity index (χ0n) is 7.88. The van der Waals surface area contributed by atoms with E-state index in [0.717, 1.165) is 22.6 Å². The van der Waals surface area contributed by atoms with Crippen molar-refractivity contribution in [2.24, 2.45) is 0 Å². The number of rotatable bonds is 3. The molecule has 4 heteroatoms. The van der Waals surface area contributed by atoms with Crippen LogP contribution < -0.4 is 0 Å². The fourth-order valence-corrected chi connectivity index (χ4v) is 2.09. The molecule has 15 heavy (non-hydrogen) atoms. The van der Waals surface area contributed by atoms with Crippen LogP contribution in [0, 0.1) is 0 Å². The molecule has 1 heterocycles. The van der Waals surface area contributed by atoms with E-state index in [-0.39, 0.29) is 5.75 Å². The van der Waals surface area contributed by atoms with Gasteiger partial charge in [0.1, 0.15) is 17.0 Å². The number of thiazole rings is 1. The topological polar surface area (TPSA) is 50.2 Å². The minimum absolute atomic E-state index is 0.222. The van der Waals surface area contributed by atoms with Crippen LogP contribution in [0.4, 0.5) is 0 Å². The van der Waals surface area contributed by atoms with Gasteiger partial charge in [0, 0.05) is 17.4 Å². The Morgan fingerprint density at radius 1 is 1.47 bits per heavy atom. The van der Waals surface area contributed by atoms with E-state index >= 15 is 0 Å². The van der Waals surface area contributed by atoms with Crippen molar-refractivity contribution in [2.75, 3.05) is 0 Å². The maximum absolute atomic E-state index is 10.3. The number of aromatic hydroxyl groups is 1. The van der Waals surface area contributed by atoms with Gasteiger partial charge in [-0.15, -0.1) is 11.3 Å². The highest BCUT2D eigenvalue weighted by Gasteiger charge is 2.04. The summed E-state index contributed by atoms with van der Waals surface area (Å²) in [5, 5.41) is 12.0. The number of aromatic nitrogens is 1. The Bertz CT molecular complexity index is 479. The van der Waals surface area contributed by atoms with Crippen LogP contribution in [0.5, 0.6) is 5.75 Å². The van der Waals surface area contributed by atoms with Gasteiger partial charge in [-0.1, -0.05) is 12.1 Å². The number of benzene rings is 1. The minimum Gasteiger partial charge on any atom is -0.508 e. The second kappa shape index (κ2) is 4.23. The quantitative estimate of drug-likeness (QED) is 0.805. The van der Waals surface area contributed by atoms with Crippen LogP contribution in [0.2, 0.25) is 0 Å². The van der Waals surface area contributed by atoms with Crippen LogP contribution in [0.15, 0.2) is 29.6 Å². The van der Waals surface area contributed by atoms with Gasteiger partial charge in [0.2, 0.25) is 0 Å². The molecule has 0 amide bonds. The first kappa shape index (κ1) is 9.86. The average Bonchev–Trinajstić information content (AvgIpc) is 2.67. The molecule has 0 spiro atoms. The highest BCUT2D eigenvalue weighted by Crippen LogP contribution is 2.26. The fourth-order valence-electron chi connectivity index (χ4n) is 1.26. The highest BCUT2D eigenvalue weighted by molar-refractivity contribution is 7.13. The van der Waals surface area contributed by atoms with Crippen LogP contribution in [0.25, 0.3) is 10.6 Å². The van der Waals surface area contributed by atoms with E-state index in [1.165, 1.54) is 11.3 Å². The largest absolute Gasteiger partial charge is 0.508 e. The second-order valence-corrected chi connectivity index (χ2v) is 3.92. The summed E-state index contributed by atoms with van der Waals surface area (Å²) in [4.78, 5) is 14.6. The number of hydrogen-bond donors (Lipinski definition) is 1. The third kappa shape index (κ3) is 2.22. The van der Waals surface area contributed by atoms with Crippen molar-refractivity contribution in [3.8, 4) is 16.3 Å². The van der Waals surface area contributed by atoms with E-state index in [0.29, 0.717) is 6.42 Å². The smallest absolute Gasteiger partial charge is 0.125 e. The van der Waals surface area contributed by atoms with Gasteiger partial charge < -0.3 is 9.90 Å². The van der Waals surface area contributed by atoms with Gasteiger partial charge in [0.15, 0.2) is 0 Å². The normalized spacial score (nSPS) is 10.1. The van der Waals surface area contributed by atoms with Crippen LogP contribution >= 0.6 is 11.3 Å². The first-order valence-electron chi connectivity index (χ1n) is 4.47. The molecular weight excluding hydrogens is 210 g/mol. The molecule has 3 nitrogen and oxygen atoms in total. The molecule has 0 radical (unpaired) electrons. The summed E-state index contributed by atoms with van der Waals surface area (Å²) in [6.45, 7) is 0. The van der Waals surface area contributed by atoms with Crippen LogP contribution in [-0.2, 0) is 11.2 Å². The number of phenols is 1. The minimum atomic E-state index is 0.222. The van der Waals surface area contributed by atoms with E-state index in [9.17, 15) is 9.90 Å². The average molecular weight is 219 g/mol. The van der Waals surface area contributed by atoms with Gasteiger partial charge in [-0.2, -0.15) is 0 Å². The van der Waals surface area contributed by atoms with Crippen molar-refractivity contribution < 1.29 is 9.90 Å². The molecule has 0 saturated heterocycles. The van der Waals surface area contributed by atoms with Gasteiger partial charge in [-0.05, 0) is 12.1 Å². The van der Waals surface area contributed by atoms with Crippen LogP contribution in [0.1, 0.15) is 5.69 Å². The van der Waals surface area contributed by atoms with Gasteiger partial charge in [0.05, 0.1) is 5.69 Å². The highest BCUT2D eigenvalue weighted by atomic mass is 32.1. The van der Waals surface area contributed by atoms with Crippen molar-refractivity contribution in [1.82, 2.24) is 4.98 Å². The number of phenolic OH excluding ortho intramolecular Hbond substituents is 1. The Balaban J connectivity index is 2.32. The third-order valence-corrected chi connectivity index (χ3v) is 2.88. The van der Waals surface area contributed by atoms with E-state index < -0.39 is 0 Å². The van der Waals surface area contributed by atoms with E-state index in [4.69, 9.17) is 0 Å². The number of carbonyl (C=O) groups excluding carboxylic acids is 1. The van der Waals surface area contributed by atoms with E-state index in [1.807, 2.05) is 11.4 Å². The lowest BCUT2D eigenvalue weighted by Gasteiger charge is -1.96. The van der Waals surface area contributed by atoms with E-state index in [2.05, 4.69) is 4.98 Å². The van der Waals surface area contributed by atoms with Crippen LogP contribution in [0.3, 0.4) is 0 Å². The Kier molecular flexibility index (Phi) is 2.78. The Morgan fingerprint density at radius 2 is 2.33 bits per heavy atom. The molecule has 1 aromatic carbocycles. The fraction of sp³-hybridized carbons (Fsp3) is 0.0909. The molecule has 0 atom stereocenters. The number of aldehydes is 1. The summed E-state index contributed by atoms with van der Waals surface area (Å²) in [5.74, 6) is 0.222. The summed E-state index contributed by atoms with van der Waals surface area (Å²) in [5.41, 5.74) is 1.64. The first-order valence-corrected chi connectivity index (χ1v) is 5.35. The lowest BCUT2D eigenvalue weighted by Crippen LogP contribution is -1.85. The van der Waals surface area contributed by atoms with Crippen molar-refractivity contribution in [1.29, 1.82) is 0 Å². The molecule has 0 unspecified atom stereocenters. The summed E-state index contributed by atoms with van der Waals surface area (Å²) in [6, 6.07) is 6.92. The summed E-state index contributed by atoms with van der Waals surface area (Å²) >= 11 is 1.47. The van der Waals surface area contributed by atoms with Crippen molar-refractivity contribution in [3.63, 3.8) is 0 Å². The Hall–Kier alpha value is -1.68. The summed E-state index contributed by atoms with van der Waals surface area (Å²) in [7, 11) is 0. The molecule has 0 fully saturated rings. The van der Waals surface area contributed by atoms with Crippen molar-refractivity contribution >= 4 is 17.6 Å². The van der Waals surface area contributed by atoms with E-state index in [1.54, 1.807) is 18.2 Å². The lowest BCUT2D eigenvalue weighted by atomic mass is 10.2. The predicted molar refractivity (Wildman–Crippen MR) is 59.0 cm³/mol. The zero-order valence-corrected chi connectivity index (χ0v) is 8.70. The molecule has 76 valence electrons. The van der Waals surface area contributed by atoms with Crippen LogP contribution in [-0.4, -0.2) is 16.4 Å². The number of hydrogen-bond acceptors (Lipinski definition) is 4. The molecule has 1 N–H and O–H groups in total. The van der Waals surface area contributed by atoms with Gasteiger partial charge in [-0.25, -0.2) is 4.98 Å². The maximum atomic E-state index is 10.3. The molecule has 2 aromatic rings. The molecule has 0 aliphatic heterocycles. The zero-order chi connectivity index (χ0) is 10.7. The first-order chi connectivity index (χ1) is 7.29. The third-order valence-electron chi connectivity index (χ3n) is 1.94. The monoisotopic (exact) mass is 219 g/mol. The number of nitrogens with zero attached hydrogens (tertiary/aromatic N) is 1. The lowest BCUT2D eigenvalue weighted by molar-refractivity contribution is -0.107. The van der Waals surface area contributed by atoms with Crippen molar-refractivity contribution in [3.05, 3.63) is 35.3 Å². The predicted octanol–water partition coefficient (Wildman–Crippen LogP) is 2.26. The SMILES string of the molecule is O=CCc1csc(-c2cccc(O)c2)n1. The Labute approximate surface area is 91.0 Å². The molecule has 0 aliphatic carbocycles. The standard InChI is InChI=1S/C11H9NO2S/c13-5-4-9-7-15-11(12-9)8-2-1-3-10(14)6-8/h1-3,5-7,14H,4H2. The molecule has 2 rings (SSSR count). The van der Waals surface area contributed by atoms with Gasteiger partial charge in [0.25, 0.3) is 0 Å². The van der Waals surface area contributed by atoms with Gasteiger partial charge in [-0.3, -0.25) is 0 Å². The molecule has 0 aliphatic rings. The summed E-state index contributed by atoms with van der Waals surface area (Å²) < 4.78 is 0. The summed E-state index contributed by atoms with van der Waals surface area (Å²) in [6.07, 6.45) is 1.18.